The molecule has 120 valence electrons. The molecule has 2 aromatic rings. The van der Waals surface area contributed by atoms with Crippen molar-refractivity contribution in [1.29, 1.82) is 0 Å². The first-order valence-electron chi connectivity index (χ1n) is 6.86. The molecule has 7 heteroatoms. The zero-order chi connectivity index (χ0) is 16.5. The first-order chi connectivity index (χ1) is 11.2. The highest BCUT2D eigenvalue weighted by molar-refractivity contribution is 5.93. The number of carbonyl (C=O) groups excluding carboxylic acids is 2. The molecule has 0 atom stereocenters. The summed E-state index contributed by atoms with van der Waals surface area (Å²) in [5.41, 5.74) is 1.86. The number of amides is 2. The molecule has 2 rings (SSSR count). The standard InChI is InChI=1S/C16H16N2O5/c19-15(8-7-13-2-1-10-22-13)17-9-11-23-14-5-3-12(4-6-14)16(20)18-21/h1-8,10,21H,9,11H2,(H,17,19)(H,18,20)/b8-7+. The molecule has 1 aromatic carbocycles. The monoisotopic (exact) mass is 316 g/mol. The molecule has 0 unspecified atom stereocenters. The molecule has 1 aromatic heterocycles. The predicted molar refractivity (Wildman–Crippen MR) is 81.9 cm³/mol. The van der Waals surface area contributed by atoms with Crippen LogP contribution in [0.15, 0.2) is 53.2 Å². The van der Waals surface area contributed by atoms with Crippen LogP contribution in [0.1, 0.15) is 16.1 Å². The molecule has 23 heavy (non-hydrogen) atoms. The molecule has 0 bridgehead atoms. The molecule has 0 spiro atoms. The second-order valence-electron chi connectivity index (χ2n) is 4.45. The first kappa shape index (κ1) is 16.3. The Morgan fingerprint density at radius 2 is 2.00 bits per heavy atom. The summed E-state index contributed by atoms with van der Waals surface area (Å²) in [6.07, 6.45) is 4.48. The molecular formula is C16H16N2O5. The second-order valence-corrected chi connectivity index (χ2v) is 4.45. The van der Waals surface area contributed by atoms with Gasteiger partial charge in [-0.25, -0.2) is 5.48 Å². The molecule has 7 nitrogen and oxygen atoms in total. The van der Waals surface area contributed by atoms with Crippen molar-refractivity contribution in [3.05, 3.63) is 60.1 Å². The Bertz CT molecular complexity index is 662. The van der Waals surface area contributed by atoms with Gasteiger partial charge in [-0.05, 0) is 42.5 Å². The molecule has 0 radical (unpaired) electrons. The summed E-state index contributed by atoms with van der Waals surface area (Å²) >= 11 is 0. The second kappa shape index (κ2) is 8.40. The van der Waals surface area contributed by atoms with Crippen molar-refractivity contribution in [2.45, 2.75) is 0 Å². The van der Waals surface area contributed by atoms with Crippen LogP contribution in [-0.4, -0.2) is 30.2 Å². The molecule has 0 aliphatic rings. The molecule has 0 saturated carbocycles. The van der Waals surface area contributed by atoms with E-state index in [4.69, 9.17) is 14.4 Å². The normalized spacial score (nSPS) is 10.5. The van der Waals surface area contributed by atoms with Crippen molar-refractivity contribution in [2.24, 2.45) is 0 Å². The third kappa shape index (κ3) is 5.33. The molecule has 0 fully saturated rings. The summed E-state index contributed by atoms with van der Waals surface area (Å²) in [4.78, 5) is 22.7. The van der Waals surface area contributed by atoms with Gasteiger partial charge in [-0.1, -0.05) is 0 Å². The van der Waals surface area contributed by atoms with Gasteiger partial charge < -0.3 is 14.5 Å². The topological polar surface area (TPSA) is 101 Å². The summed E-state index contributed by atoms with van der Waals surface area (Å²) in [5.74, 6) is 0.315. The Labute approximate surface area is 132 Å². The quantitative estimate of drug-likeness (QED) is 0.312. The number of ether oxygens (including phenoxy) is 1. The smallest absolute Gasteiger partial charge is 0.274 e. The van der Waals surface area contributed by atoms with E-state index in [1.807, 2.05) is 0 Å². The maximum atomic E-state index is 11.5. The van der Waals surface area contributed by atoms with E-state index >= 15 is 0 Å². The van der Waals surface area contributed by atoms with Crippen LogP contribution in [0.2, 0.25) is 0 Å². The zero-order valence-corrected chi connectivity index (χ0v) is 12.2. The number of benzene rings is 1. The van der Waals surface area contributed by atoms with E-state index in [-0.39, 0.29) is 12.5 Å². The van der Waals surface area contributed by atoms with Crippen LogP contribution in [0.4, 0.5) is 0 Å². The van der Waals surface area contributed by atoms with Gasteiger partial charge in [0.1, 0.15) is 18.1 Å². The Kier molecular flexibility index (Phi) is 5.96. The van der Waals surface area contributed by atoms with Crippen LogP contribution >= 0.6 is 0 Å². The van der Waals surface area contributed by atoms with Crippen LogP contribution in [0, 0.1) is 0 Å². The molecule has 3 N–H and O–H groups in total. The molecule has 1 heterocycles. The van der Waals surface area contributed by atoms with Crippen LogP contribution in [0.3, 0.4) is 0 Å². The van der Waals surface area contributed by atoms with Gasteiger partial charge in [0.25, 0.3) is 5.91 Å². The number of hydrogen-bond donors (Lipinski definition) is 3. The SMILES string of the molecule is O=C(/C=C/c1ccco1)NCCOc1ccc(C(=O)NO)cc1. The maximum absolute atomic E-state index is 11.5. The zero-order valence-electron chi connectivity index (χ0n) is 12.2. The van der Waals surface area contributed by atoms with Crippen molar-refractivity contribution in [2.75, 3.05) is 13.2 Å². The van der Waals surface area contributed by atoms with Gasteiger partial charge in [0.15, 0.2) is 0 Å². The van der Waals surface area contributed by atoms with Crippen LogP contribution in [0.5, 0.6) is 5.75 Å². The average molecular weight is 316 g/mol. The van der Waals surface area contributed by atoms with Gasteiger partial charge in [-0.2, -0.15) is 0 Å². The summed E-state index contributed by atoms with van der Waals surface area (Å²) in [5, 5.41) is 11.2. The van der Waals surface area contributed by atoms with Crippen LogP contribution < -0.4 is 15.5 Å². The van der Waals surface area contributed by atoms with Gasteiger partial charge in [0, 0.05) is 11.6 Å². The number of nitrogens with one attached hydrogen (secondary N) is 2. The fraction of sp³-hybridized carbons (Fsp3) is 0.125. The third-order valence-electron chi connectivity index (χ3n) is 2.83. The van der Waals surface area contributed by atoms with E-state index in [0.29, 0.717) is 23.6 Å². The fourth-order valence-corrected chi connectivity index (χ4v) is 1.71. The van der Waals surface area contributed by atoms with Crippen molar-refractivity contribution >= 4 is 17.9 Å². The number of furan rings is 1. The molecule has 0 aliphatic carbocycles. The highest BCUT2D eigenvalue weighted by Crippen LogP contribution is 2.11. The minimum Gasteiger partial charge on any atom is -0.492 e. The van der Waals surface area contributed by atoms with E-state index in [2.05, 4.69) is 5.32 Å². The number of hydrogen-bond acceptors (Lipinski definition) is 5. The lowest BCUT2D eigenvalue weighted by molar-refractivity contribution is -0.116. The van der Waals surface area contributed by atoms with Gasteiger partial charge in [0.05, 0.1) is 12.8 Å². The van der Waals surface area contributed by atoms with Gasteiger partial charge in [-0.3, -0.25) is 14.8 Å². The summed E-state index contributed by atoms with van der Waals surface area (Å²) in [6.45, 7) is 0.617. The van der Waals surface area contributed by atoms with E-state index in [1.54, 1.807) is 35.8 Å². The van der Waals surface area contributed by atoms with Crippen molar-refractivity contribution in [3.8, 4) is 5.75 Å². The summed E-state index contributed by atoms with van der Waals surface area (Å²) in [6, 6.07) is 9.72. The Balaban J connectivity index is 1.68. The maximum Gasteiger partial charge on any atom is 0.274 e. The van der Waals surface area contributed by atoms with Gasteiger partial charge in [0.2, 0.25) is 5.91 Å². The number of carbonyl (C=O) groups is 2. The van der Waals surface area contributed by atoms with E-state index in [0.717, 1.165) is 0 Å². The highest BCUT2D eigenvalue weighted by Gasteiger charge is 2.03. The Hall–Kier alpha value is -3.06. The van der Waals surface area contributed by atoms with Gasteiger partial charge in [-0.15, -0.1) is 0 Å². The minimum absolute atomic E-state index is 0.250. The van der Waals surface area contributed by atoms with Crippen LogP contribution in [-0.2, 0) is 4.79 Å². The summed E-state index contributed by atoms with van der Waals surface area (Å²) < 4.78 is 10.5. The Morgan fingerprint density at radius 3 is 2.65 bits per heavy atom. The lowest BCUT2D eigenvalue weighted by Gasteiger charge is -2.07. The fourth-order valence-electron chi connectivity index (χ4n) is 1.71. The highest BCUT2D eigenvalue weighted by atomic mass is 16.5. The molecule has 0 saturated heterocycles. The predicted octanol–water partition coefficient (Wildman–Crippen LogP) is 1.61. The minimum atomic E-state index is -0.591. The molecule has 2 amide bonds. The van der Waals surface area contributed by atoms with E-state index < -0.39 is 5.91 Å². The van der Waals surface area contributed by atoms with Crippen molar-refractivity contribution in [1.82, 2.24) is 10.8 Å². The molecular weight excluding hydrogens is 300 g/mol. The number of rotatable bonds is 7. The van der Waals surface area contributed by atoms with Gasteiger partial charge >= 0.3 is 0 Å². The van der Waals surface area contributed by atoms with Crippen LogP contribution in [0.25, 0.3) is 6.08 Å². The third-order valence-corrected chi connectivity index (χ3v) is 2.83. The van der Waals surface area contributed by atoms with E-state index in [9.17, 15) is 9.59 Å². The lowest BCUT2D eigenvalue weighted by atomic mass is 10.2. The summed E-state index contributed by atoms with van der Waals surface area (Å²) in [7, 11) is 0. The van der Waals surface area contributed by atoms with Crippen molar-refractivity contribution in [3.63, 3.8) is 0 Å². The first-order valence-corrected chi connectivity index (χ1v) is 6.86. The molecule has 0 aliphatic heterocycles. The number of hydroxylamine groups is 1. The largest absolute Gasteiger partial charge is 0.492 e. The van der Waals surface area contributed by atoms with E-state index in [1.165, 1.54) is 24.5 Å². The average Bonchev–Trinajstić information content (AvgIpc) is 3.10. The van der Waals surface area contributed by atoms with Crippen molar-refractivity contribution < 1.29 is 24.0 Å². The Morgan fingerprint density at radius 1 is 1.22 bits per heavy atom. The lowest BCUT2D eigenvalue weighted by Crippen LogP contribution is -2.26.